The molecule has 0 fully saturated rings. The molecule has 0 heterocycles. The molecular weight excluding hydrogens is 763 g/mol. The molecule has 2 unspecified atom stereocenters. The number of hydrogen-bond acceptors (Lipinski definition) is 6. The number of esters is 2. The summed E-state index contributed by atoms with van der Waals surface area (Å²) < 4.78 is 17.2. The van der Waals surface area contributed by atoms with E-state index >= 15 is 0 Å². The van der Waals surface area contributed by atoms with Gasteiger partial charge in [0.1, 0.15) is 6.61 Å². The van der Waals surface area contributed by atoms with Crippen LogP contribution in [0.3, 0.4) is 0 Å². The summed E-state index contributed by atoms with van der Waals surface area (Å²) in [7, 11) is 5.50. The number of carbonyl (C=O) groups is 3. The average molecular weight is 855 g/mol. The lowest BCUT2D eigenvalue weighted by Gasteiger charge is -2.31. The van der Waals surface area contributed by atoms with E-state index in [-0.39, 0.29) is 42.7 Å². The summed E-state index contributed by atoms with van der Waals surface area (Å²) in [6.07, 6.45) is 55.4. The summed E-state index contributed by atoms with van der Waals surface area (Å²) in [5.74, 6) is -1.57. The topological polar surface area (TPSA) is 99.1 Å². The van der Waals surface area contributed by atoms with Crippen molar-refractivity contribution >= 4 is 17.9 Å². The van der Waals surface area contributed by atoms with Crippen LogP contribution >= 0.6 is 0 Å². The monoisotopic (exact) mass is 855 g/mol. The van der Waals surface area contributed by atoms with Gasteiger partial charge in [-0.25, -0.2) is 4.79 Å². The zero-order valence-corrected chi connectivity index (χ0v) is 39.8. The maximum Gasteiger partial charge on any atom is 0.362 e. The van der Waals surface area contributed by atoms with Crippen LogP contribution in [0.15, 0.2) is 72.9 Å². The molecule has 0 aromatic carbocycles. The molecule has 0 saturated carbocycles. The van der Waals surface area contributed by atoms with Gasteiger partial charge in [-0.05, 0) is 51.4 Å². The highest BCUT2D eigenvalue weighted by Crippen LogP contribution is 2.15. The minimum atomic E-state index is -0.887. The van der Waals surface area contributed by atoms with E-state index in [0.29, 0.717) is 19.3 Å². The summed E-state index contributed by atoms with van der Waals surface area (Å²) >= 11 is 0. The van der Waals surface area contributed by atoms with Crippen molar-refractivity contribution in [3.8, 4) is 0 Å². The number of hydrogen-bond donors (Lipinski definition) is 1. The van der Waals surface area contributed by atoms with Crippen LogP contribution in [0.2, 0.25) is 0 Å². The van der Waals surface area contributed by atoms with Crippen LogP contribution in [0.25, 0.3) is 0 Å². The Bertz CT molecular complexity index is 1230. The third-order valence-electron chi connectivity index (χ3n) is 10.6. The van der Waals surface area contributed by atoms with Gasteiger partial charge in [-0.3, -0.25) is 9.59 Å². The van der Waals surface area contributed by atoms with Crippen molar-refractivity contribution in [1.29, 1.82) is 0 Å². The van der Waals surface area contributed by atoms with E-state index < -0.39 is 18.1 Å². The molecule has 0 saturated heterocycles. The first-order valence-electron chi connectivity index (χ1n) is 24.5. The van der Waals surface area contributed by atoms with Crippen LogP contribution in [-0.4, -0.2) is 80.6 Å². The number of nitrogens with zero attached hydrogens (tertiary/aromatic N) is 1. The van der Waals surface area contributed by atoms with Crippen LogP contribution in [0.5, 0.6) is 0 Å². The van der Waals surface area contributed by atoms with Crippen LogP contribution < -0.4 is 0 Å². The van der Waals surface area contributed by atoms with Crippen LogP contribution in [0.4, 0.5) is 0 Å². The number of allylic oxidation sites excluding steroid dienone is 12. The SMILES string of the molecule is CC/C=C/C/C=C/C/C=C/C/C=C/C/C=C/C/C=C/CCC(=O)OC(COCCC(C(=O)O)[N+](C)(C)C)COC(=O)CCCCCCCCCCCCCCCCCCCC. The van der Waals surface area contributed by atoms with Gasteiger partial charge in [-0.2, -0.15) is 0 Å². The predicted octanol–water partition coefficient (Wildman–Crippen LogP) is 13.9. The summed E-state index contributed by atoms with van der Waals surface area (Å²) in [5, 5.41) is 9.64. The highest BCUT2D eigenvalue weighted by molar-refractivity contribution is 5.72. The molecule has 0 bridgehead atoms. The van der Waals surface area contributed by atoms with Gasteiger partial charge in [0.15, 0.2) is 12.1 Å². The van der Waals surface area contributed by atoms with Gasteiger partial charge >= 0.3 is 17.9 Å². The fourth-order valence-corrected chi connectivity index (χ4v) is 6.88. The van der Waals surface area contributed by atoms with E-state index in [2.05, 4.69) is 74.6 Å². The summed E-state index contributed by atoms with van der Waals surface area (Å²) in [4.78, 5) is 37.1. The Labute approximate surface area is 374 Å². The molecule has 0 aromatic heterocycles. The van der Waals surface area contributed by atoms with Gasteiger partial charge in [-0.1, -0.05) is 196 Å². The second-order valence-corrected chi connectivity index (χ2v) is 17.3. The zero-order valence-electron chi connectivity index (χ0n) is 39.8. The molecule has 0 aliphatic rings. The predicted molar refractivity (Wildman–Crippen MR) is 257 cm³/mol. The molecule has 0 aliphatic heterocycles. The summed E-state index contributed by atoms with van der Waals surface area (Å²) in [6, 6.07) is -0.630. The van der Waals surface area contributed by atoms with E-state index in [9.17, 15) is 19.5 Å². The summed E-state index contributed by atoms with van der Waals surface area (Å²) in [6.45, 7) is 4.55. The molecule has 0 radical (unpaired) electrons. The van der Waals surface area contributed by atoms with Crippen LogP contribution in [0, 0.1) is 0 Å². The van der Waals surface area contributed by atoms with Crippen molar-refractivity contribution in [1.82, 2.24) is 0 Å². The number of carbonyl (C=O) groups excluding carboxylic acids is 2. The molecule has 8 nitrogen and oxygen atoms in total. The molecule has 0 amide bonds. The van der Waals surface area contributed by atoms with Gasteiger partial charge in [0, 0.05) is 19.3 Å². The smallest absolute Gasteiger partial charge is 0.362 e. The molecular formula is C53H92NO7+. The zero-order chi connectivity index (χ0) is 44.9. The normalized spacial score (nSPS) is 13.5. The first-order chi connectivity index (χ1) is 29.6. The van der Waals surface area contributed by atoms with Crippen molar-refractivity contribution in [2.24, 2.45) is 0 Å². The maximum absolute atomic E-state index is 12.7. The maximum atomic E-state index is 12.7. The molecule has 61 heavy (non-hydrogen) atoms. The number of aliphatic carboxylic acids is 1. The fraction of sp³-hybridized carbons (Fsp3) is 0.717. The third-order valence-corrected chi connectivity index (χ3v) is 10.6. The van der Waals surface area contributed by atoms with Gasteiger partial charge in [0.2, 0.25) is 0 Å². The van der Waals surface area contributed by atoms with Crippen molar-refractivity contribution in [3.05, 3.63) is 72.9 Å². The molecule has 0 aliphatic carbocycles. The van der Waals surface area contributed by atoms with Crippen molar-refractivity contribution < 1.29 is 38.2 Å². The highest BCUT2D eigenvalue weighted by atomic mass is 16.6. The number of rotatable bonds is 43. The summed E-state index contributed by atoms with van der Waals surface area (Å²) in [5.41, 5.74) is 0. The lowest BCUT2D eigenvalue weighted by Crippen LogP contribution is -2.50. The highest BCUT2D eigenvalue weighted by Gasteiger charge is 2.31. The Balaban J connectivity index is 4.39. The first kappa shape index (κ1) is 57.8. The Kier molecular flexibility index (Phi) is 41.1. The number of likely N-dealkylation sites (N-methyl/N-ethyl adjacent to an activating group) is 1. The van der Waals surface area contributed by atoms with Gasteiger partial charge in [0.25, 0.3) is 0 Å². The van der Waals surface area contributed by atoms with Crippen molar-refractivity contribution in [2.75, 3.05) is 41.0 Å². The number of ether oxygens (including phenoxy) is 3. The molecule has 0 rings (SSSR count). The van der Waals surface area contributed by atoms with Gasteiger partial charge in [-0.15, -0.1) is 0 Å². The second-order valence-electron chi connectivity index (χ2n) is 17.3. The van der Waals surface area contributed by atoms with Crippen LogP contribution in [0.1, 0.15) is 194 Å². The Hall–Kier alpha value is -3.23. The molecule has 2 atom stereocenters. The largest absolute Gasteiger partial charge is 0.477 e. The Morgan fingerprint density at radius 3 is 1.33 bits per heavy atom. The second kappa shape index (κ2) is 43.4. The molecule has 1 N–H and O–H groups in total. The minimum absolute atomic E-state index is 0.0294. The molecule has 0 spiro atoms. The number of carboxylic acid groups (broad SMARTS) is 1. The first-order valence-corrected chi connectivity index (χ1v) is 24.5. The Morgan fingerprint density at radius 1 is 0.508 bits per heavy atom. The molecule has 0 aromatic rings. The van der Waals surface area contributed by atoms with E-state index in [1.54, 1.807) is 0 Å². The van der Waals surface area contributed by atoms with E-state index in [4.69, 9.17) is 14.2 Å². The van der Waals surface area contributed by atoms with E-state index in [1.807, 2.05) is 33.3 Å². The number of quaternary nitrogens is 1. The van der Waals surface area contributed by atoms with Crippen molar-refractivity contribution in [2.45, 2.75) is 206 Å². The average Bonchev–Trinajstić information content (AvgIpc) is 3.22. The minimum Gasteiger partial charge on any atom is -0.477 e. The van der Waals surface area contributed by atoms with E-state index in [0.717, 1.165) is 57.8 Å². The standard InChI is InChI=1S/C53H91NO7/c1-6-8-10-12-14-16-18-20-22-24-26-28-30-32-34-36-38-40-42-44-52(56)61-49(47-59-46-45-50(53(57)58)54(3,4)5)48-60-51(55)43-41-39-37-35-33-31-29-27-25-23-21-19-17-15-13-11-9-7-2/h8,10,14,16,20,22,26,28,32,34,38,40,49-50H,6-7,9,11-13,15,17-19,21,23-25,27,29-31,33,35-37,39,41-48H2,1-5H3/p+1/b10-8+,16-14+,22-20+,28-26+,34-32+,40-38+. The van der Waals surface area contributed by atoms with Gasteiger partial charge in [0.05, 0.1) is 34.4 Å². The molecule has 350 valence electrons. The van der Waals surface area contributed by atoms with Crippen molar-refractivity contribution in [3.63, 3.8) is 0 Å². The van der Waals surface area contributed by atoms with E-state index in [1.165, 1.54) is 96.3 Å². The van der Waals surface area contributed by atoms with Gasteiger partial charge < -0.3 is 23.8 Å². The third kappa shape index (κ3) is 41.9. The lowest BCUT2D eigenvalue weighted by atomic mass is 10.0. The lowest BCUT2D eigenvalue weighted by molar-refractivity contribution is -0.887. The fourth-order valence-electron chi connectivity index (χ4n) is 6.88. The Morgan fingerprint density at radius 2 is 0.918 bits per heavy atom. The van der Waals surface area contributed by atoms with Crippen LogP contribution in [-0.2, 0) is 28.6 Å². The number of carboxylic acids is 1. The molecule has 8 heteroatoms. The number of unbranched alkanes of at least 4 members (excludes halogenated alkanes) is 17. The quantitative estimate of drug-likeness (QED) is 0.0282.